The Morgan fingerprint density at radius 1 is 1.10 bits per heavy atom. The second-order valence-corrected chi connectivity index (χ2v) is 6.50. The first kappa shape index (κ1) is 14.3. The molecule has 3 rings (SSSR count). The fourth-order valence-electron chi connectivity index (χ4n) is 2.69. The van der Waals surface area contributed by atoms with Crippen molar-refractivity contribution in [3.63, 3.8) is 0 Å². The molecule has 108 valence electrons. The van der Waals surface area contributed by atoms with Crippen LogP contribution in [0.1, 0.15) is 24.0 Å². The van der Waals surface area contributed by atoms with Crippen molar-refractivity contribution in [1.82, 2.24) is 5.32 Å². The first-order valence-electron chi connectivity index (χ1n) is 7.29. The van der Waals surface area contributed by atoms with Crippen LogP contribution in [-0.2, 0) is 16.6 Å². The van der Waals surface area contributed by atoms with Gasteiger partial charge in [0.1, 0.15) is 0 Å². The van der Waals surface area contributed by atoms with Gasteiger partial charge in [-0.1, -0.05) is 58.4 Å². The van der Waals surface area contributed by atoms with Crippen molar-refractivity contribution >= 4 is 21.8 Å². The van der Waals surface area contributed by atoms with Gasteiger partial charge in [-0.15, -0.1) is 0 Å². The Kier molecular flexibility index (Phi) is 4.11. The van der Waals surface area contributed by atoms with Crippen LogP contribution in [0.15, 0.2) is 59.1 Å². The topological polar surface area (TPSA) is 29.1 Å². The Morgan fingerprint density at radius 3 is 2.52 bits per heavy atom. The molecule has 2 aromatic carbocycles. The lowest BCUT2D eigenvalue weighted by molar-refractivity contribution is -0.123. The van der Waals surface area contributed by atoms with Gasteiger partial charge in [0.25, 0.3) is 0 Å². The van der Waals surface area contributed by atoms with Gasteiger partial charge >= 0.3 is 0 Å². The number of halogens is 1. The molecule has 1 aliphatic rings. The number of nitrogens with one attached hydrogen (secondary N) is 1. The van der Waals surface area contributed by atoms with Crippen LogP contribution < -0.4 is 5.32 Å². The summed E-state index contributed by atoms with van der Waals surface area (Å²) in [6.07, 6.45) is 2.77. The summed E-state index contributed by atoms with van der Waals surface area (Å²) in [6.45, 7) is 0.693. The van der Waals surface area contributed by atoms with Crippen LogP contribution in [0.2, 0.25) is 0 Å². The molecule has 1 amide bonds. The summed E-state index contributed by atoms with van der Waals surface area (Å²) in [7, 11) is 0. The minimum absolute atomic E-state index is 0.163. The first-order chi connectivity index (χ1) is 10.2. The molecule has 1 saturated carbocycles. The lowest BCUT2D eigenvalue weighted by atomic mass is 9.95. The number of benzene rings is 2. The van der Waals surface area contributed by atoms with Crippen LogP contribution in [-0.4, -0.2) is 12.5 Å². The highest BCUT2D eigenvalue weighted by Crippen LogP contribution is 2.48. The number of rotatable bonds is 5. The fourth-order valence-corrected chi connectivity index (χ4v) is 3.09. The Bertz CT molecular complexity index is 635. The van der Waals surface area contributed by atoms with Gasteiger partial charge in [-0.3, -0.25) is 4.79 Å². The number of carbonyl (C=O) groups is 1. The maximum absolute atomic E-state index is 12.5. The normalized spacial score (nSPS) is 15.5. The third kappa shape index (κ3) is 3.18. The summed E-state index contributed by atoms with van der Waals surface area (Å²) < 4.78 is 1.03. The summed E-state index contributed by atoms with van der Waals surface area (Å²) in [6, 6.07) is 18.3. The summed E-state index contributed by atoms with van der Waals surface area (Å²) in [4.78, 5) is 12.5. The second kappa shape index (κ2) is 6.02. The van der Waals surface area contributed by atoms with Crippen LogP contribution in [0, 0.1) is 0 Å². The molecule has 0 radical (unpaired) electrons. The van der Waals surface area contributed by atoms with E-state index in [1.165, 1.54) is 5.56 Å². The molecule has 0 saturated heterocycles. The lowest BCUT2D eigenvalue weighted by Crippen LogP contribution is -2.35. The molecule has 0 bridgehead atoms. The molecule has 1 N–H and O–H groups in total. The van der Waals surface area contributed by atoms with E-state index in [2.05, 4.69) is 45.5 Å². The van der Waals surface area contributed by atoms with Gasteiger partial charge in [-0.2, -0.15) is 0 Å². The molecule has 1 aliphatic carbocycles. The van der Waals surface area contributed by atoms with Crippen molar-refractivity contribution in [3.05, 3.63) is 70.2 Å². The van der Waals surface area contributed by atoms with Gasteiger partial charge in [0.2, 0.25) is 5.91 Å². The van der Waals surface area contributed by atoms with E-state index in [1.54, 1.807) is 0 Å². The Morgan fingerprint density at radius 2 is 1.86 bits per heavy atom. The summed E-state index contributed by atoms with van der Waals surface area (Å²) in [5, 5.41) is 3.10. The molecular weight excluding hydrogens is 326 g/mol. The van der Waals surface area contributed by atoms with E-state index in [0.29, 0.717) is 6.54 Å². The number of hydrogen-bond acceptors (Lipinski definition) is 1. The molecule has 2 nitrogen and oxygen atoms in total. The highest BCUT2D eigenvalue weighted by atomic mass is 79.9. The van der Waals surface area contributed by atoms with Gasteiger partial charge < -0.3 is 5.32 Å². The first-order valence-corrected chi connectivity index (χ1v) is 8.08. The van der Waals surface area contributed by atoms with Crippen LogP contribution >= 0.6 is 15.9 Å². The van der Waals surface area contributed by atoms with Crippen molar-refractivity contribution in [3.8, 4) is 0 Å². The molecule has 0 aliphatic heterocycles. The number of carbonyl (C=O) groups excluding carboxylic acids is 1. The quantitative estimate of drug-likeness (QED) is 0.877. The van der Waals surface area contributed by atoms with Gasteiger partial charge in [0.05, 0.1) is 5.41 Å². The maximum Gasteiger partial charge on any atom is 0.230 e. The number of amides is 1. The minimum atomic E-state index is -0.291. The predicted octanol–water partition coefficient (Wildman–Crippen LogP) is 3.84. The van der Waals surface area contributed by atoms with Crippen molar-refractivity contribution in [2.45, 2.75) is 24.7 Å². The van der Waals surface area contributed by atoms with Crippen molar-refractivity contribution in [2.75, 3.05) is 6.54 Å². The Labute approximate surface area is 133 Å². The predicted molar refractivity (Wildman–Crippen MR) is 88.2 cm³/mol. The SMILES string of the molecule is O=C(NCCc1ccccc1)C1(c2cccc(Br)c2)CC1. The third-order valence-corrected chi connectivity index (χ3v) is 4.60. The zero-order valence-corrected chi connectivity index (χ0v) is 13.4. The molecule has 1 fully saturated rings. The summed E-state index contributed by atoms with van der Waals surface area (Å²) in [5.41, 5.74) is 2.08. The minimum Gasteiger partial charge on any atom is -0.355 e. The third-order valence-electron chi connectivity index (χ3n) is 4.10. The lowest BCUT2D eigenvalue weighted by Gasteiger charge is -2.16. The highest BCUT2D eigenvalue weighted by molar-refractivity contribution is 9.10. The highest BCUT2D eigenvalue weighted by Gasteiger charge is 2.51. The zero-order valence-electron chi connectivity index (χ0n) is 11.8. The maximum atomic E-state index is 12.5. The van der Waals surface area contributed by atoms with Crippen LogP contribution in [0.25, 0.3) is 0 Å². The summed E-state index contributed by atoms with van der Waals surface area (Å²) in [5.74, 6) is 0.163. The van der Waals surface area contributed by atoms with E-state index in [0.717, 1.165) is 29.3 Å². The van der Waals surface area contributed by atoms with E-state index >= 15 is 0 Å². The van der Waals surface area contributed by atoms with Crippen molar-refractivity contribution in [2.24, 2.45) is 0 Å². The molecule has 2 aromatic rings. The largest absolute Gasteiger partial charge is 0.355 e. The molecule has 0 heterocycles. The monoisotopic (exact) mass is 343 g/mol. The van der Waals surface area contributed by atoms with E-state index in [9.17, 15) is 4.79 Å². The van der Waals surface area contributed by atoms with Crippen LogP contribution in [0.3, 0.4) is 0 Å². The van der Waals surface area contributed by atoms with Crippen LogP contribution in [0.5, 0.6) is 0 Å². The fraction of sp³-hybridized carbons (Fsp3) is 0.278. The molecule has 0 unspecified atom stereocenters. The van der Waals surface area contributed by atoms with E-state index in [-0.39, 0.29) is 11.3 Å². The van der Waals surface area contributed by atoms with Crippen LogP contribution in [0.4, 0.5) is 0 Å². The zero-order chi connectivity index (χ0) is 14.7. The van der Waals surface area contributed by atoms with E-state index in [4.69, 9.17) is 0 Å². The van der Waals surface area contributed by atoms with Gasteiger partial charge in [0.15, 0.2) is 0 Å². The van der Waals surface area contributed by atoms with Gasteiger partial charge in [-0.05, 0) is 42.5 Å². The molecule has 0 aromatic heterocycles. The Hall–Kier alpha value is -1.61. The standard InChI is InChI=1S/C18H18BrNO/c19-16-8-4-7-15(13-16)18(10-11-18)17(21)20-12-9-14-5-2-1-3-6-14/h1-8,13H,9-12H2,(H,20,21). The van der Waals surface area contributed by atoms with Gasteiger partial charge in [-0.25, -0.2) is 0 Å². The molecule has 0 spiro atoms. The second-order valence-electron chi connectivity index (χ2n) is 5.58. The summed E-state index contributed by atoms with van der Waals surface area (Å²) >= 11 is 3.48. The smallest absolute Gasteiger partial charge is 0.230 e. The molecule has 3 heteroatoms. The molecule has 0 atom stereocenters. The Balaban J connectivity index is 1.60. The molecule has 21 heavy (non-hydrogen) atoms. The number of hydrogen-bond donors (Lipinski definition) is 1. The average molecular weight is 344 g/mol. The van der Waals surface area contributed by atoms with E-state index in [1.807, 2.05) is 30.3 Å². The average Bonchev–Trinajstić information content (AvgIpc) is 3.30. The van der Waals surface area contributed by atoms with Gasteiger partial charge in [0, 0.05) is 11.0 Å². The van der Waals surface area contributed by atoms with E-state index < -0.39 is 0 Å². The van der Waals surface area contributed by atoms with Crippen molar-refractivity contribution < 1.29 is 4.79 Å². The van der Waals surface area contributed by atoms with Crippen molar-refractivity contribution in [1.29, 1.82) is 0 Å². The molecular formula is C18H18BrNO.